The first-order valence-corrected chi connectivity index (χ1v) is 10.1. The average Bonchev–Trinajstić information content (AvgIpc) is 3.32. The number of rotatable bonds is 5. The summed E-state index contributed by atoms with van der Waals surface area (Å²) < 4.78 is 10.2. The molecule has 2 N–H and O–H groups in total. The molecule has 0 radical (unpaired) electrons. The summed E-state index contributed by atoms with van der Waals surface area (Å²) >= 11 is 0. The van der Waals surface area contributed by atoms with Crippen molar-refractivity contribution in [1.29, 1.82) is 0 Å². The van der Waals surface area contributed by atoms with Crippen molar-refractivity contribution in [3.05, 3.63) is 41.1 Å². The molecule has 4 atom stereocenters. The molecule has 1 spiro atoms. The minimum absolute atomic E-state index is 0.150. The van der Waals surface area contributed by atoms with Crippen LogP contribution in [0.4, 0.5) is 5.69 Å². The third-order valence-electron chi connectivity index (χ3n) is 6.81. The Kier molecular flexibility index (Phi) is 4.91. The summed E-state index contributed by atoms with van der Waals surface area (Å²) in [7, 11) is 2.87. The molecular weight excluding hydrogens is 356 g/mol. The lowest BCUT2D eigenvalue weighted by atomic mass is 9.62. The van der Waals surface area contributed by atoms with Gasteiger partial charge in [0.25, 0.3) is 0 Å². The van der Waals surface area contributed by atoms with Gasteiger partial charge >= 0.3 is 11.9 Å². The zero-order chi connectivity index (χ0) is 19.9. The Balaban J connectivity index is 1.81. The summed E-state index contributed by atoms with van der Waals surface area (Å²) in [4.78, 5) is 25.0. The number of esters is 2. The van der Waals surface area contributed by atoms with Gasteiger partial charge in [-0.25, -0.2) is 4.79 Å². The SMILES string of the molecule is CCC(C[C@H]1CC(C(=O)OC)=C2Nc3ccccc3C23CCNC13)C(=O)OC. The van der Waals surface area contributed by atoms with Crippen molar-refractivity contribution in [1.82, 2.24) is 5.32 Å². The fraction of sp³-hybridized carbons (Fsp3) is 0.545. The Labute approximate surface area is 165 Å². The molecule has 1 aromatic carbocycles. The van der Waals surface area contributed by atoms with Crippen LogP contribution >= 0.6 is 0 Å². The maximum atomic E-state index is 12.7. The third-order valence-corrected chi connectivity index (χ3v) is 6.81. The monoisotopic (exact) mass is 384 g/mol. The first kappa shape index (κ1) is 19.0. The molecule has 1 saturated heterocycles. The minimum Gasteiger partial charge on any atom is -0.469 e. The number of carbonyl (C=O) groups is 2. The molecule has 0 bridgehead atoms. The normalized spacial score (nSPS) is 28.7. The average molecular weight is 384 g/mol. The number of hydrogen-bond acceptors (Lipinski definition) is 6. The van der Waals surface area contributed by atoms with Gasteiger partial charge in [-0.3, -0.25) is 4.79 Å². The van der Waals surface area contributed by atoms with E-state index in [1.54, 1.807) is 0 Å². The molecule has 1 fully saturated rings. The lowest BCUT2D eigenvalue weighted by Gasteiger charge is -2.43. The van der Waals surface area contributed by atoms with E-state index in [0.29, 0.717) is 18.4 Å². The summed E-state index contributed by atoms with van der Waals surface area (Å²) in [6, 6.07) is 8.46. The van der Waals surface area contributed by atoms with Gasteiger partial charge in [0, 0.05) is 17.4 Å². The molecule has 3 aliphatic rings. The number of fused-ring (bicyclic) bond motifs is 1. The standard InChI is InChI=1S/C22H28N2O4/c1-4-13(20(25)27-2)11-14-12-15(21(26)28-3)19-22(9-10-23-18(14)22)16-7-5-6-8-17(16)24-19/h5-8,13-14,18,23-24H,4,9-12H2,1-3H3/t13?,14-,18?,22?/m0/s1. The number of carbonyl (C=O) groups excluding carboxylic acids is 2. The van der Waals surface area contributed by atoms with Crippen molar-refractivity contribution in [3.8, 4) is 0 Å². The second-order valence-corrected chi connectivity index (χ2v) is 8.00. The van der Waals surface area contributed by atoms with Crippen molar-refractivity contribution < 1.29 is 19.1 Å². The Hall–Kier alpha value is -2.34. The van der Waals surface area contributed by atoms with Crippen molar-refractivity contribution in [3.63, 3.8) is 0 Å². The van der Waals surface area contributed by atoms with Gasteiger partial charge in [0.1, 0.15) is 0 Å². The van der Waals surface area contributed by atoms with E-state index in [1.807, 2.05) is 13.0 Å². The van der Waals surface area contributed by atoms with Crippen LogP contribution in [-0.4, -0.2) is 38.7 Å². The van der Waals surface area contributed by atoms with E-state index in [9.17, 15) is 9.59 Å². The highest BCUT2D eigenvalue weighted by Gasteiger charge is 2.58. The van der Waals surface area contributed by atoms with Gasteiger partial charge in [-0.05, 0) is 49.8 Å². The fourth-order valence-corrected chi connectivity index (χ4v) is 5.58. The van der Waals surface area contributed by atoms with Gasteiger partial charge in [-0.15, -0.1) is 0 Å². The van der Waals surface area contributed by atoms with Crippen LogP contribution in [0, 0.1) is 11.8 Å². The van der Waals surface area contributed by atoms with Crippen molar-refractivity contribution in [2.75, 3.05) is 26.1 Å². The lowest BCUT2D eigenvalue weighted by Crippen LogP contribution is -2.50. The molecule has 6 heteroatoms. The number of ether oxygens (including phenoxy) is 2. The first-order valence-electron chi connectivity index (χ1n) is 10.1. The molecule has 2 aliphatic heterocycles. The largest absolute Gasteiger partial charge is 0.469 e. The Morgan fingerprint density at radius 3 is 2.75 bits per heavy atom. The number of benzene rings is 1. The predicted molar refractivity (Wildman–Crippen MR) is 106 cm³/mol. The van der Waals surface area contributed by atoms with Gasteiger partial charge in [0.2, 0.25) is 0 Å². The second kappa shape index (κ2) is 7.24. The van der Waals surface area contributed by atoms with Gasteiger partial charge < -0.3 is 20.1 Å². The highest BCUT2D eigenvalue weighted by atomic mass is 16.5. The number of para-hydroxylation sites is 1. The second-order valence-electron chi connectivity index (χ2n) is 8.00. The smallest absolute Gasteiger partial charge is 0.335 e. The maximum absolute atomic E-state index is 12.7. The van der Waals surface area contributed by atoms with E-state index in [4.69, 9.17) is 9.47 Å². The van der Waals surface area contributed by atoms with Crippen LogP contribution in [0.25, 0.3) is 0 Å². The molecule has 150 valence electrons. The molecule has 0 aromatic heterocycles. The van der Waals surface area contributed by atoms with Crippen LogP contribution in [0.2, 0.25) is 0 Å². The van der Waals surface area contributed by atoms with E-state index in [2.05, 4.69) is 28.8 Å². The maximum Gasteiger partial charge on any atom is 0.335 e. The molecular formula is C22H28N2O4. The number of methoxy groups -OCH3 is 2. The zero-order valence-corrected chi connectivity index (χ0v) is 16.7. The highest BCUT2D eigenvalue weighted by molar-refractivity contribution is 5.93. The molecule has 3 unspecified atom stereocenters. The topological polar surface area (TPSA) is 76.7 Å². The van der Waals surface area contributed by atoms with Crippen molar-refractivity contribution in [2.24, 2.45) is 11.8 Å². The Bertz CT molecular complexity index is 834. The summed E-state index contributed by atoms with van der Waals surface area (Å²) in [5, 5.41) is 7.23. The number of anilines is 1. The van der Waals surface area contributed by atoms with Crippen LogP contribution < -0.4 is 10.6 Å². The molecule has 28 heavy (non-hydrogen) atoms. The predicted octanol–water partition coefficient (Wildman–Crippen LogP) is 2.75. The van der Waals surface area contributed by atoms with Crippen LogP contribution in [-0.2, 0) is 24.5 Å². The molecule has 1 aliphatic carbocycles. The van der Waals surface area contributed by atoms with E-state index in [0.717, 1.165) is 30.8 Å². The number of nitrogens with one attached hydrogen (secondary N) is 2. The third kappa shape index (κ3) is 2.65. The van der Waals surface area contributed by atoms with Crippen LogP contribution in [0.15, 0.2) is 35.5 Å². The summed E-state index contributed by atoms with van der Waals surface area (Å²) in [6.45, 7) is 2.89. The van der Waals surface area contributed by atoms with Crippen molar-refractivity contribution >= 4 is 17.6 Å². The van der Waals surface area contributed by atoms with Crippen LogP contribution in [0.3, 0.4) is 0 Å². The molecule has 0 amide bonds. The van der Waals surface area contributed by atoms with Crippen LogP contribution in [0.1, 0.15) is 38.2 Å². The molecule has 2 heterocycles. The quantitative estimate of drug-likeness (QED) is 0.761. The van der Waals surface area contributed by atoms with E-state index >= 15 is 0 Å². The summed E-state index contributed by atoms with van der Waals surface area (Å²) in [6.07, 6.45) is 2.93. The van der Waals surface area contributed by atoms with Gasteiger partial charge in [-0.1, -0.05) is 25.1 Å². The Morgan fingerprint density at radius 2 is 2.04 bits per heavy atom. The van der Waals surface area contributed by atoms with E-state index < -0.39 is 0 Å². The van der Waals surface area contributed by atoms with Crippen LogP contribution in [0.5, 0.6) is 0 Å². The van der Waals surface area contributed by atoms with Gasteiger partial charge in [0.05, 0.1) is 31.1 Å². The van der Waals surface area contributed by atoms with Gasteiger partial charge in [-0.2, -0.15) is 0 Å². The van der Waals surface area contributed by atoms with Gasteiger partial charge in [0.15, 0.2) is 0 Å². The first-order chi connectivity index (χ1) is 13.6. The van der Waals surface area contributed by atoms with E-state index in [1.165, 1.54) is 19.8 Å². The zero-order valence-electron chi connectivity index (χ0n) is 16.7. The lowest BCUT2D eigenvalue weighted by molar-refractivity contribution is -0.146. The minimum atomic E-state index is -0.281. The molecule has 1 aromatic rings. The van der Waals surface area contributed by atoms with Crippen molar-refractivity contribution in [2.45, 2.75) is 44.1 Å². The fourth-order valence-electron chi connectivity index (χ4n) is 5.58. The van der Waals surface area contributed by atoms with E-state index in [-0.39, 0.29) is 35.2 Å². The highest BCUT2D eigenvalue weighted by Crippen LogP contribution is 2.57. The Morgan fingerprint density at radius 1 is 1.25 bits per heavy atom. The molecule has 0 saturated carbocycles. The molecule has 6 nitrogen and oxygen atoms in total. The summed E-state index contributed by atoms with van der Waals surface area (Å²) in [5.41, 5.74) is 3.73. The number of hydrogen-bond donors (Lipinski definition) is 2. The summed E-state index contributed by atoms with van der Waals surface area (Å²) in [5.74, 6) is -0.470. The molecule has 4 rings (SSSR count).